The highest BCUT2D eigenvalue weighted by molar-refractivity contribution is 5.37. The monoisotopic (exact) mass is 113 g/mol. The molecular weight excluding hydrogens is 108 g/mol. The van der Waals surface area contributed by atoms with Gasteiger partial charge >= 0.3 is 6.47 Å². The molecule has 0 spiro atoms. The van der Waals surface area contributed by atoms with Crippen LogP contribution in [0.2, 0.25) is 0 Å². The van der Waals surface area contributed by atoms with Crippen molar-refractivity contribution in [2.24, 2.45) is 0 Å². The maximum absolute atomic E-state index is 9.29. The predicted molar refractivity (Wildman–Crippen MR) is 26.4 cm³/mol. The van der Waals surface area contributed by atoms with Gasteiger partial charge in [0.25, 0.3) is 0 Å². The zero-order valence-corrected chi connectivity index (χ0v) is 4.22. The van der Waals surface area contributed by atoms with Crippen molar-refractivity contribution in [3.8, 4) is 12.3 Å². The van der Waals surface area contributed by atoms with Gasteiger partial charge in [-0.05, 0) is 0 Å². The van der Waals surface area contributed by atoms with Crippen LogP contribution in [-0.2, 0) is 14.3 Å². The van der Waals surface area contributed by atoms with Crippen molar-refractivity contribution in [1.29, 1.82) is 0 Å². The Kier molecular flexibility index (Phi) is 5.23. The van der Waals surface area contributed by atoms with Crippen molar-refractivity contribution in [2.75, 3.05) is 13.4 Å². The molecule has 0 N–H and O–H groups in total. The largest absolute Gasteiger partial charge is 0.430 e. The van der Waals surface area contributed by atoms with E-state index in [1.165, 1.54) is 6.47 Å². The number of hydrogen-bond donors (Lipinski definition) is 0. The Morgan fingerprint density at radius 2 is 2.38 bits per heavy atom. The van der Waals surface area contributed by atoms with Crippen LogP contribution in [0.25, 0.3) is 0 Å². The van der Waals surface area contributed by atoms with E-state index in [0.717, 1.165) is 0 Å². The molecule has 0 aliphatic rings. The second-order valence-corrected chi connectivity index (χ2v) is 0.898. The van der Waals surface area contributed by atoms with Gasteiger partial charge in [0, 0.05) is 0 Å². The van der Waals surface area contributed by atoms with Gasteiger partial charge in [-0.3, -0.25) is 0 Å². The van der Waals surface area contributed by atoms with Gasteiger partial charge in [0.15, 0.2) is 6.79 Å². The molecule has 1 radical (unpaired) electrons. The van der Waals surface area contributed by atoms with Crippen LogP contribution in [-0.4, -0.2) is 19.9 Å². The fraction of sp³-hybridized carbons (Fsp3) is 0.400. The molecule has 0 aliphatic heterocycles. The first-order valence-corrected chi connectivity index (χ1v) is 1.92. The van der Waals surface area contributed by atoms with Crippen LogP contribution >= 0.6 is 0 Å². The van der Waals surface area contributed by atoms with Crippen LogP contribution in [0.3, 0.4) is 0 Å². The summed E-state index contributed by atoms with van der Waals surface area (Å²) in [5.74, 6) is 2.19. The zero-order chi connectivity index (χ0) is 6.24. The Morgan fingerprint density at radius 3 is 2.88 bits per heavy atom. The summed E-state index contributed by atoms with van der Waals surface area (Å²) in [4.78, 5) is 9.29. The fourth-order valence-electron chi connectivity index (χ4n) is 0.166. The predicted octanol–water partition coefficient (Wildman–Crippen LogP) is -0.323. The van der Waals surface area contributed by atoms with Gasteiger partial charge in [-0.15, -0.1) is 6.42 Å². The lowest BCUT2D eigenvalue weighted by Gasteiger charge is -1.92. The van der Waals surface area contributed by atoms with Gasteiger partial charge in [-0.25, -0.2) is 4.79 Å². The summed E-state index contributed by atoms with van der Waals surface area (Å²) in [6, 6.07) is 0. The topological polar surface area (TPSA) is 35.5 Å². The van der Waals surface area contributed by atoms with Gasteiger partial charge in [0.1, 0.15) is 6.61 Å². The maximum atomic E-state index is 9.29. The van der Waals surface area contributed by atoms with E-state index in [2.05, 4.69) is 15.4 Å². The Morgan fingerprint density at radius 1 is 1.62 bits per heavy atom. The highest BCUT2D eigenvalue weighted by atomic mass is 16.7. The molecule has 3 nitrogen and oxygen atoms in total. The fourth-order valence-corrected chi connectivity index (χ4v) is 0.166. The van der Waals surface area contributed by atoms with E-state index >= 15 is 0 Å². The lowest BCUT2D eigenvalue weighted by molar-refractivity contribution is 0.0230. The van der Waals surface area contributed by atoms with Crippen molar-refractivity contribution in [3.05, 3.63) is 0 Å². The SMILES string of the molecule is C#CCOCO[C]=O. The van der Waals surface area contributed by atoms with Gasteiger partial charge in [-0.2, -0.15) is 0 Å². The van der Waals surface area contributed by atoms with E-state index in [1.807, 2.05) is 0 Å². The molecule has 0 fully saturated rings. The third kappa shape index (κ3) is 4.99. The Balaban J connectivity index is 2.74. The summed E-state index contributed by atoms with van der Waals surface area (Å²) >= 11 is 0. The van der Waals surface area contributed by atoms with Crippen LogP contribution in [0.5, 0.6) is 0 Å². The van der Waals surface area contributed by atoms with Crippen molar-refractivity contribution in [2.45, 2.75) is 0 Å². The number of terminal acetylenes is 1. The van der Waals surface area contributed by atoms with E-state index in [-0.39, 0.29) is 13.4 Å². The molecule has 0 aliphatic carbocycles. The van der Waals surface area contributed by atoms with E-state index in [1.54, 1.807) is 0 Å². The van der Waals surface area contributed by atoms with Crippen molar-refractivity contribution in [1.82, 2.24) is 0 Å². The molecular formula is C5H5O3. The molecule has 0 aromatic heterocycles. The molecule has 0 saturated heterocycles. The first kappa shape index (κ1) is 6.99. The number of rotatable bonds is 4. The number of carbonyl (C=O) groups excluding carboxylic acids is 1. The third-order valence-corrected chi connectivity index (χ3v) is 0.387. The number of ether oxygens (including phenoxy) is 2. The molecule has 8 heavy (non-hydrogen) atoms. The lowest BCUT2D eigenvalue weighted by Crippen LogP contribution is -1.97. The Labute approximate surface area is 47.6 Å². The molecule has 0 aromatic rings. The van der Waals surface area contributed by atoms with Crippen LogP contribution in [0.4, 0.5) is 0 Å². The normalized spacial score (nSPS) is 7.38. The second-order valence-electron chi connectivity index (χ2n) is 0.898. The van der Waals surface area contributed by atoms with Crippen molar-refractivity contribution >= 4 is 6.47 Å². The van der Waals surface area contributed by atoms with Crippen molar-refractivity contribution < 1.29 is 14.3 Å². The van der Waals surface area contributed by atoms with E-state index in [4.69, 9.17) is 6.42 Å². The second kappa shape index (κ2) is 5.99. The van der Waals surface area contributed by atoms with Crippen LogP contribution in [0.15, 0.2) is 0 Å². The molecule has 0 aromatic carbocycles. The summed E-state index contributed by atoms with van der Waals surface area (Å²) in [5, 5.41) is 0. The zero-order valence-electron chi connectivity index (χ0n) is 4.22. The van der Waals surface area contributed by atoms with Gasteiger partial charge in [0.2, 0.25) is 0 Å². The number of hydrogen-bond acceptors (Lipinski definition) is 3. The third-order valence-electron chi connectivity index (χ3n) is 0.387. The van der Waals surface area contributed by atoms with Crippen LogP contribution in [0, 0.1) is 12.3 Å². The van der Waals surface area contributed by atoms with E-state index < -0.39 is 0 Å². The smallest absolute Gasteiger partial charge is 0.419 e. The van der Waals surface area contributed by atoms with Gasteiger partial charge < -0.3 is 9.47 Å². The van der Waals surface area contributed by atoms with E-state index in [9.17, 15) is 4.79 Å². The minimum Gasteiger partial charge on any atom is -0.430 e. The summed E-state index contributed by atoms with van der Waals surface area (Å²) in [5.41, 5.74) is 0. The van der Waals surface area contributed by atoms with Crippen molar-refractivity contribution in [3.63, 3.8) is 0 Å². The lowest BCUT2D eigenvalue weighted by atomic mass is 10.8. The van der Waals surface area contributed by atoms with Crippen LogP contribution in [0.1, 0.15) is 0 Å². The summed E-state index contributed by atoms with van der Waals surface area (Å²) < 4.78 is 8.51. The van der Waals surface area contributed by atoms with E-state index in [0.29, 0.717) is 0 Å². The maximum Gasteiger partial charge on any atom is 0.419 e. The highest BCUT2D eigenvalue weighted by Crippen LogP contribution is 1.70. The minimum absolute atomic E-state index is 0.117. The molecule has 0 rings (SSSR count). The molecule has 0 atom stereocenters. The Bertz CT molecular complexity index is 92.3. The standard InChI is InChI=1S/C5H5O3/c1-2-3-7-5-8-4-6/h1H,3,5H2. The highest BCUT2D eigenvalue weighted by Gasteiger charge is 1.79. The average molecular weight is 113 g/mol. The first-order chi connectivity index (χ1) is 3.91. The van der Waals surface area contributed by atoms with Gasteiger partial charge in [-0.1, -0.05) is 5.92 Å². The molecule has 3 heteroatoms. The molecule has 43 valence electrons. The van der Waals surface area contributed by atoms with Crippen LogP contribution < -0.4 is 0 Å². The summed E-state index contributed by atoms with van der Waals surface area (Å²) in [6.07, 6.45) is 4.78. The summed E-state index contributed by atoms with van der Waals surface area (Å²) in [7, 11) is 0. The molecule has 0 heterocycles. The first-order valence-electron chi connectivity index (χ1n) is 1.92. The molecule has 0 saturated carbocycles. The summed E-state index contributed by atoms with van der Waals surface area (Å²) in [6.45, 7) is 1.22. The van der Waals surface area contributed by atoms with Gasteiger partial charge in [0.05, 0.1) is 0 Å². The average Bonchev–Trinajstić information content (AvgIpc) is 1.81. The molecule has 0 bridgehead atoms. The Hall–Kier alpha value is -1.01. The molecule has 0 unspecified atom stereocenters. The molecule has 0 amide bonds. The quantitative estimate of drug-likeness (QED) is 0.284. The minimum atomic E-state index is -0.117.